The predicted octanol–water partition coefficient (Wildman–Crippen LogP) is 1.21. The lowest BCUT2D eigenvalue weighted by atomic mass is 9.99. The van der Waals surface area contributed by atoms with E-state index in [1.54, 1.807) is 18.2 Å². The Kier molecular flexibility index (Phi) is 5.84. The van der Waals surface area contributed by atoms with E-state index >= 15 is 0 Å². The fourth-order valence-electron chi connectivity index (χ4n) is 2.86. The van der Waals surface area contributed by atoms with Crippen molar-refractivity contribution < 1.29 is 13.2 Å². The van der Waals surface area contributed by atoms with Gasteiger partial charge in [-0.1, -0.05) is 0 Å². The summed E-state index contributed by atoms with van der Waals surface area (Å²) in [4.78, 5) is 0. The maximum Gasteiger partial charge on any atom is 0.216 e. The first-order chi connectivity index (χ1) is 9.50. The zero-order valence-electron chi connectivity index (χ0n) is 12.7. The van der Waals surface area contributed by atoms with Crippen LogP contribution in [0.3, 0.4) is 0 Å². The zero-order valence-corrected chi connectivity index (χ0v) is 13.5. The summed E-state index contributed by atoms with van der Waals surface area (Å²) in [6.07, 6.45) is 4.45. The van der Waals surface area contributed by atoms with Crippen molar-refractivity contribution in [1.82, 2.24) is 9.62 Å². The second kappa shape index (κ2) is 7.20. The maximum absolute atomic E-state index is 12.1. The van der Waals surface area contributed by atoms with E-state index in [2.05, 4.69) is 5.32 Å². The van der Waals surface area contributed by atoms with Gasteiger partial charge in [-0.25, -0.2) is 12.7 Å². The van der Waals surface area contributed by atoms with Crippen LogP contribution < -0.4 is 5.32 Å². The molecule has 1 N–H and O–H groups in total. The van der Waals surface area contributed by atoms with Crippen molar-refractivity contribution in [1.29, 1.82) is 0 Å². The second-order valence-electron chi connectivity index (χ2n) is 6.22. The van der Waals surface area contributed by atoms with Gasteiger partial charge in [-0.15, -0.1) is 0 Å². The van der Waals surface area contributed by atoms with Gasteiger partial charge in [0.15, 0.2) is 0 Å². The molecule has 2 fully saturated rings. The van der Waals surface area contributed by atoms with Crippen LogP contribution in [0.5, 0.6) is 0 Å². The first-order valence-corrected chi connectivity index (χ1v) is 9.31. The van der Waals surface area contributed by atoms with Crippen molar-refractivity contribution in [3.63, 3.8) is 0 Å². The molecule has 0 atom stereocenters. The van der Waals surface area contributed by atoms with Crippen molar-refractivity contribution in [3.8, 4) is 0 Å². The zero-order chi connectivity index (χ0) is 14.6. The Balaban J connectivity index is 1.71. The topological polar surface area (TPSA) is 58.6 Å². The molecule has 0 aromatic rings. The molecule has 0 bridgehead atoms. The average Bonchev–Trinajstić information content (AvgIpc) is 2.46. The Bertz CT molecular complexity index is 383. The molecule has 0 aromatic heterocycles. The number of nitrogens with one attached hydrogen (secondary N) is 1. The third-order valence-corrected chi connectivity index (χ3v) is 6.66. The molecule has 0 unspecified atom stereocenters. The highest BCUT2D eigenvalue weighted by Gasteiger charge is 2.30. The van der Waals surface area contributed by atoms with Gasteiger partial charge in [0, 0.05) is 19.7 Å². The van der Waals surface area contributed by atoms with Crippen molar-refractivity contribution >= 4 is 10.0 Å². The number of ether oxygens (including phenoxy) is 1. The molecule has 118 valence electrons. The van der Waals surface area contributed by atoms with E-state index in [9.17, 15) is 8.42 Å². The maximum atomic E-state index is 12.1. The molecule has 0 aliphatic carbocycles. The van der Waals surface area contributed by atoms with E-state index in [4.69, 9.17) is 4.74 Å². The summed E-state index contributed by atoms with van der Waals surface area (Å²) >= 11 is 0. The number of piperidine rings is 2. The van der Waals surface area contributed by atoms with Crippen LogP contribution in [0.4, 0.5) is 0 Å². The molecule has 20 heavy (non-hydrogen) atoms. The van der Waals surface area contributed by atoms with Gasteiger partial charge in [-0.2, -0.15) is 0 Å². The SMILES string of the molecule is CC(C)S(=O)(=O)N1CCC(COC2CCNCC2)CC1. The van der Waals surface area contributed by atoms with E-state index in [-0.39, 0.29) is 5.25 Å². The van der Waals surface area contributed by atoms with E-state index in [0.717, 1.165) is 45.4 Å². The summed E-state index contributed by atoms with van der Waals surface area (Å²) in [7, 11) is -3.07. The summed E-state index contributed by atoms with van der Waals surface area (Å²) in [6.45, 7) is 7.70. The molecule has 0 aromatic carbocycles. The average molecular weight is 304 g/mol. The highest BCUT2D eigenvalue weighted by atomic mass is 32.2. The monoisotopic (exact) mass is 304 g/mol. The van der Waals surface area contributed by atoms with Gasteiger partial charge in [0.1, 0.15) is 0 Å². The minimum Gasteiger partial charge on any atom is -0.378 e. The highest BCUT2D eigenvalue weighted by molar-refractivity contribution is 7.89. The molecular weight excluding hydrogens is 276 g/mol. The molecule has 2 aliphatic heterocycles. The molecule has 2 rings (SSSR count). The summed E-state index contributed by atoms with van der Waals surface area (Å²) in [5, 5.41) is 3.02. The third-order valence-electron chi connectivity index (χ3n) is 4.38. The highest BCUT2D eigenvalue weighted by Crippen LogP contribution is 2.22. The summed E-state index contributed by atoms with van der Waals surface area (Å²) in [5.74, 6) is 0.517. The Morgan fingerprint density at radius 3 is 2.30 bits per heavy atom. The van der Waals surface area contributed by atoms with Crippen LogP contribution in [0.25, 0.3) is 0 Å². The number of hydrogen-bond acceptors (Lipinski definition) is 4. The quantitative estimate of drug-likeness (QED) is 0.829. The van der Waals surface area contributed by atoms with Gasteiger partial charge in [-0.3, -0.25) is 0 Å². The fourth-order valence-corrected chi connectivity index (χ4v) is 4.18. The van der Waals surface area contributed by atoms with E-state index in [1.165, 1.54) is 0 Å². The molecule has 6 heteroatoms. The minimum absolute atomic E-state index is 0.315. The number of hydrogen-bond donors (Lipinski definition) is 1. The Morgan fingerprint density at radius 2 is 1.75 bits per heavy atom. The van der Waals surface area contributed by atoms with Gasteiger partial charge < -0.3 is 10.1 Å². The molecule has 2 saturated heterocycles. The Hall–Kier alpha value is -0.170. The summed E-state index contributed by atoms with van der Waals surface area (Å²) in [5.41, 5.74) is 0. The Morgan fingerprint density at radius 1 is 1.15 bits per heavy atom. The first kappa shape index (κ1) is 16.2. The van der Waals surface area contributed by atoms with Crippen LogP contribution in [0.2, 0.25) is 0 Å². The second-order valence-corrected chi connectivity index (χ2v) is 8.71. The summed E-state index contributed by atoms with van der Waals surface area (Å²) in [6, 6.07) is 0. The van der Waals surface area contributed by atoms with Crippen molar-refractivity contribution in [3.05, 3.63) is 0 Å². The smallest absolute Gasteiger partial charge is 0.216 e. The predicted molar refractivity (Wildman–Crippen MR) is 80.2 cm³/mol. The molecule has 0 radical (unpaired) electrons. The van der Waals surface area contributed by atoms with Gasteiger partial charge in [0.2, 0.25) is 10.0 Å². The lowest BCUT2D eigenvalue weighted by molar-refractivity contribution is 0.00275. The number of rotatable bonds is 5. The van der Waals surface area contributed by atoms with Crippen LogP contribution in [-0.4, -0.2) is 56.9 Å². The van der Waals surface area contributed by atoms with E-state index < -0.39 is 10.0 Å². The molecular formula is C14H28N2O3S. The van der Waals surface area contributed by atoms with Crippen molar-refractivity contribution in [2.45, 2.75) is 50.9 Å². The minimum atomic E-state index is -3.07. The van der Waals surface area contributed by atoms with E-state index in [1.807, 2.05) is 0 Å². The summed E-state index contributed by atoms with van der Waals surface area (Å²) < 4.78 is 31.8. The molecule has 2 heterocycles. The number of nitrogens with zero attached hydrogens (tertiary/aromatic N) is 1. The van der Waals surface area contributed by atoms with Crippen LogP contribution in [0.1, 0.15) is 39.5 Å². The van der Waals surface area contributed by atoms with Gasteiger partial charge in [-0.05, 0) is 58.5 Å². The lowest BCUT2D eigenvalue weighted by Crippen LogP contribution is -2.43. The third kappa shape index (κ3) is 4.16. The standard InChI is InChI=1S/C14H28N2O3S/c1-12(2)20(17,18)16-9-5-13(6-10-16)11-19-14-3-7-15-8-4-14/h12-15H,3-11H2,1-2H3. The largest absolute Gasteiger partial charge is 0.378 e. The van der Waals surface area contributed by atoms with E-state index in [0.29, 0.717) is 25.1 Å². The Labute approximate surface area is 123 Å². The normalized spacial score (nSPS) is 24.4. The van der Waals surface area contributed by atoms with Gasteiger partial charge in [0.25, 0.3) is 0 Å². The van der Waals surface area contributed by atoms with Crippen LogP contribution in [0.15, 0.2) is 0 Å². The van der Waals surface area contributed by atoms with Gasteiger partial charge >= 0.3 is 0 Å². The van der Waals surface area contributed by atoms with Crippen LogP contribution in [-0.2, 0) is 14.8 Å². The molecule has 2 aliphatic rings. The van der Waals surface area contributed by atoms with Crippen LogP contribution >= 0.6 is 0 Å². The lowest BCUT2D eigenvalue weighted by Gasteiger charge is -2.33. The van der Waals surface area contributed by atoms with Gasteiger partial charge in [0.05, 0.1) is 11.4 Å². The molecule has 5 nitrogen and oxygen atoms in total. The number of sulfonamides is 1. The van der Waals surface area contributed by atoms with Crippen molar-refractivity contribution in [2.75, 3.05) is 32.8 Å². The van der Waals surface area contributed by atoms with Crippen LogP contribution in [0, 0.1) is 5.92 Å². The fraction of sp³-hybridized carbons (Fsp3) is 1.00. The molecule has 0 amide bonds. The molecule has 0 saturated carbocycles. The first-order valence-electron chi connectivity index (χ1n) is 7.81. The molecule has 0 spiro atoms. The van der Waals surface area contributed by atoms with Crippen molar-refractivity contribution in [2.24, 2.45) is 5.92 Å².